The van der Waals surface area contributed by atoms with Crippen molar-refractivity contribution in [3.05, 3.63) is 30.3 Å². The van der Waals surface area contributed by atoms with E-state index in [1.165, 1.54) is 5.69 Å². The molecule has 2 saturated heterocycles. The number of rotatable bonds is 5. The zero-order chi connectivity index (χ0) is 19.2. The second-order valence-corrected chi connectivity index (χ2v) is 7.41. The molecular weight excluding hydrogens is 342 g/mol. The number of ether oxygens (including phenoxy) is 1. The summed E-state index contributed by atoms with van der Waals surface area (Å²) in [5, 5.41) is 0. The molecule has 2 aliphatic rings. The topological polar surface area (TPSA) is 53.1 Å². The Balaban J connectivity index is 1.52. The van der Waals surface area contributed by atoms with Crippen molar-refractivity contribution in [2.45, 2.75) is 32.7 Å². The molecular formula is C21H31N3O3. The number of hydrogen-bond donors (Lipinski definition) is 0. The van der Waals surface area contributed by atoms with E-state index in [0.29, 0.717) is 13.2 Å². The third-order valence-electron chi connectivity index (χ3n) is 5.69. The fraction of sp³-hybridized carbons (Fsp3) is 0.619. The highest BCUT2D eigenvalue weighted by Gasteiger charge is 2.34. The number of anilines is 1. The van der Waals surface area contributed by atoms with Crippen LogP contribution in [0.3, 0.4) is 0 Å². The van der Waals surface area contributed by atoms with Gasteiger partial charge in [0.15, 0.2) is 0 Å². The Morgan fingerprint density at radius 3 is 2.48 bits per heavy atom. The largest absolute Gasteiger partial charge is 0.466 e. The van der Waals surface area contributed by atoms with Crippen molar-refractivity contribution in [3.63, 3.8) is 0 Å². The summed E-state index contributed by atoms with van der Waals surface area (Å²) in [4.78, 5) is 31.5. The van der Waals surface area contributed by atoms with Crippen molar-refractivity contribution in [2.75, 3.05) is 50.8 Å². The predicted octanol–water partition coefficient (Wildman–Crippen LogP) is 2.00. The van der Waals surface area contributed by atoms with Gasteiger partial charge in [-0.15, -0.1) is 0 Å². The summed E-state index contributed by atoms with van der Waals surface area (Å²) in [5.74, 6) is -0.0607. The first-order valence-electron chi connectivity index (χ1n) is 10.1. The summed E-state index contributed by atoms with van der Waals surface area (Å²) in [6, 6.07) is 10.2. The minimum atomic E-state index is -0.189. The van der Waals surface area contributed by atoms with E-state index in [9.17, 15) is 9.59 Å². The molecule has 0 bridgehead atoms. The number of amides is 1. The minimum Gasteiger partial charge on any atom is -0.466 e. The van der Waals surface area contributed by atoms with E-state index < -0.39 is 0 Å². The van der Waals surface area contributed by atoms with E-state index in [-0.39, 0.29) is 23.8 Å². The number of likely N-dealkylation sites (tertiary alicyclic amines) is 1. The van der Waals surface area contributed by atoms with Gasteiger partial charge in [-0.3, -0.25) is 14.5 Å². The van der Waals surface area contributed by atoms with Crippen LogP contribution < -0.4 is 4.90 Å². The normalized spacial score (nSPS) is 22.4. The SMILES string of the molecule is CCOC(=O)C1CCCN(C(C)C(=O)N2CCN(c3ccccc3)CC2)C1. The smallest absolute Gasteiger partial charge is 0.310 e. The Bertz CT molecular complexity index is 629. The molecule has 6 nitrogen and oxygen atoms in total. The molecule has 2 heterocycles. The predicted molar refractivity (Wildman–Crippen MR) is 106 cm³/mol. The van der Waals surface area contributed by atoms with Gasteiger partial charge in [-0.25, -0.2) is 0 Å². The Morgan fingerprint density at radius 1 is 1.11 bits per heavy atom. The van der Waals surface area contributed by atoms with Gasteiger partial charge in [-0.05, 0) is 45.4 Å². The number of hydrogen-bond acceptors (Lipinski definition) is 5. The molecule has 0 spiro atoms. The second-order valence-electron chi connectivity index (χ2n) is 7.41. The summed E-state index contributed by atoms with van der Waals surface area (Å²) in [7, 11) is 0. The Morgan fingerprint density at radius 2 is 1.81 bits per heavy atom. The fourth-order valence-electron chi connectivity index (χ4n) is 4.05. The zero-order valence-electron chi connectivity index (χ0n) is 16.5. The van der Waals surface area contributed by atoms with Crippen LogP contribution in [0.15, 0.2) is 30.3 Å². The van der Waals surface area contributed by atoms with E-state index in [1.807, 2.05) is 36.9 Å². The maximum absolute atomic E-state index is 13.0. The number of carbonyl (C=O) groups is 2. The van der Waals surface area contributed by atoms with Crippen LogP contribution in [0.25, 0.3) is 0 Å². The number of para-hydroxylation sites is 1. The molecule has 0 aromatic heterocycles. The van der Waals surface area contributed by atoms with Gasteiger partial charge in [0.2, 0.25) is 5.91 Å². The Kier molecular flexibility index (Phi) is 6.72. The standard InChI is InChI=1S/C21H31N3O3/c1-3-27-21(26)18-8-7-11-24(16-18)17(2)20(25)23-14-12-22(13-15-23)19-9-5-4-6-10-19/h4-6,9-10,17-18H,3,7-8,11-16H2,1-2H3. The number of piperazine rings is 1. The van der Waals surface area contributed by atoms with Crippen LogP contribution in [0.4, 0.5) is 5.69 Å². The van der Waals surface area contributed by atoms with Gasteiger partial charge in [-0.2, -0.15) is 0 Å². The maximum Gasteiger partial charge on any atom is 0.310 e. The Hall–Kier alpha value is -2.08. The molecule has 0 saturated carbocycles. The quantitative estimate of drug-likeness (QED) is 0.739. The van der Waals surface area contributed by atoms with Crippen LogP contribution in [0.2, 0.25) is 0 Å². The van der Waals surface area contributed by atoms with Gasteiger partial charge < -0.3 is 14.5 Å². The average molecular weight is 373 g/mol. The summed E-state index contributed by atoms with van der Waals surface area (Å²) in [5.41, 5.74) is 1.21. The lowest BCUT2D eigenvalue weighted by atomic mass is 9.96. The van der Waals surface area contributed by atoms with E-state index in [1.54, 1.807) is 0 Å². The van der Waals surface area contributed by atoms with E-state index in [4.69, 9.17) is 4.74 Å². The molecule has 2 atom stereocenters. The van der Waals surface area contributed by atoms with Gasteiger partial charge >= 0.3 is 5.97 Å². The number of benzene rings is 1. The lowest BCUT2D eigenvalue weighted by molar-refractivity contribution is -0.151. The molecule has 148 valence electrons. The summed E-state index contributed by atoms with van der Waals surface area (Å²) < 4.78 is 5.17. The van der Waals surface area contributed by atoms with Crippen LogP contribution in [-0.4, -0.2) is 73.6 Å². The van der Waals surface area contributed by atoms with Crippen LogP contribution in [0.5, 0.6) is 0 Å². The lowest BCUT2D eigenvalue weighted by Gasteiger charge is -2.40. The fourth-order valence-corrected chi connectivity index (χ4v) is 4.05. The molecule has 1 aromatic rings. The molecule has 0 N–H and O–H groups in total. The first-order valence-corrected chi connectivity index (χ1v) is 10.1. The van der Waals surface area contributed by atoms with Gasteiger partial charge in [0.1, 0.15) is 0 Å². The highest BCUT2D eigenvalue weighted by atomic mass is 16.5. The summed E-state index contributed by atoms with van der Waals surface area (Å²) in [6.45, 7) is 8.90. The van der Waals surface area contributed by atoms with Crippen molar-refractivity contribution in [1.29, 1.82) is 0 Å². The third kappa shape index (κ3) is 4.80. The van der Waals surface area contributed by atoms with Gasteiger partial charge in [0, 0.05) is 38.4 Å². The van der Waals surface area contributed by atoms with E-state index in [0.717, 1.165) is 45.6 Å². The molecule has 1 amide bonds. The van der Waals surface area contributed by atoms with Crippen molar-refractivity contribution >= 4 is 17.6 Å². The number of carbonyl (C=O) groups excluding carboxylic acids is 2. The van der Waals surface area contributed by atoms with Gasteiger partial charge in [0.05, 0.1) is 18.6 Å². The van der Waals surface area contributed by atoms with Gasteiger partial charge in [-0.1, -0.05) is 18.2 Å². The Labute approximate surface area is 162 Å². The molecule has 0 radical (unpaired) electrons. The summed E-state index contributed by atoms with van der Waals surface area (Å²) >= 11 is 0. The number of esters is 1. The third-order valence-corrected chi connectivity index (χ3v) is 5.69. The van der Waals surface area contributed by atoms with Crippen LogP contribution in [0, 0.1) is 5.92 Å². The van der Waals surface area contributed by atoms with Crippen molar-refractivity contribution in [2.24, 2.45) is 5.92 Å². The molecule has 1 aromatic carbocycles. The van der Waals surface area contributed by atoms with Crippen molar-refractivity contribution < 1.29 is 14.3 Å². The molecule has 27 heavy (non-hydrogen) atoms. The monoisotopic (exact) mass is 373 g/mol. The molecule has 3 rings (SSSR count). The van der Waals surface area contributed by atoms with Crippen LogP contribution in [-0.2, 0) is 14.3 Å². The molecule has 2 aliphatic heterocycles. The minimum absolute atomic E-state index is 0.108. The van der Waals surface area contributed by atoms with E-state index in [2.05, 4.69) is 21.9 Å². The number of piperidine rings is 1. The van der Waals surface area contributed by atoms with Crippen LogP contribution in [0.1, 0.15) is 26.7 Å². The van der Waals surface area contributed by atoms with Crippen molar-refractivity contribution in [3.8, 4) is 0 Å². The molecule has 6 heteroatoms. The van der Waals surface area contributed by atoms with Crippen molar-refractivity contribution in [1.82, 2.24) is 9.80 Å². The first-order chi connectivity index (χ1) is 13.1. The zero-order valence-corrected chi connectivity index (χ0v) is 16.5. The summed E-state index contributed by atoms with van der Waals surface area (Å²) in [6.07, 6.45) is 1.79. The molecule has 2 fully saturated rings. The highest BCUT2D eigenvalue weighted by molar-refractivity contribution is 5.82. The maximum atomic E-state index is 13.0. The number of nitrogens with zero attached hydrogens (tertiary/aromatic N) is 3. The second kappa shape index (κ2) is 9.22. The molecule has 0 aliphatic carbocycles. The first kappa shape index (κ1) is 19.7. The molecule has 2 unspecified atom stereocenters. The van der Waals surface area contributed by atoms with E-state index >= 15 is 0 Å². The van der Waals surface area contributed by atoms with Crippen LogP contribution >= 0.6 is 0 Å². The lowest BCUT2D eigenvalue weighted by Crippen LogP contribution is -2.56. The average Bonchev–Trinajstić information content (AvgIpc) is 2.73. The van der Waals surface area contributed by atoms with Gasteiger partial charge in [0.25, 0.3) is 0 Å². The highest BCUT2D eigenvalue weighted by Crippen LogP contribution is 2.22.